The van der Waals surface area contributed by atoms with Crippen molar-refractivity contribution < 1.29 is 14.7 Å². The van der Waals surface area contributed by atoms with Gasteiger partial charge >= 0.3 is 0 Å². The van der Waals surface area contributed by atoms with E-state index >= 15 is 0 Å². The van der Waals surface area contributed by atoms with E-state index in [-0.39, 0.29) is 23.9 Å². The van der Waals surface area contributed by atoms with Crippen LogP contribution < -0.4 is 4.90 Å². The molecule has 7 heteroatoms. The van der Waals surface area contributed by atoms with Crippen molar-refractivity contribution in [1.29, 1.82) is 0 Å². The van der Waals surface area contributed by atoms with Gasteiger partial charge in [0, 0.05) is 44.1 Å². The number of phenols is 1. The molecule has 4 rings (SSSR count). The van der Waals surface area contributed by atoms with E-state index in [0.717, 1.165) is 24.3 Å². The van der Waals surface area contributed by atoms with Crippen LogP contribution >= 0.6 is 0 Å². The minimum Gasteiger partial charge on any atom is -0.508 e. The van der Waals surface area contributed by atoms with Crippen LogP contribution in [0.2, 0.25) is 0 Å². The third kappa shape index (κ3) is 5.06. The highest BCUT2D eigenvalue weighted by molar-refractivity contribution is 6.07. The van der Waals surface area contributed by atoms with Gasteiger partial charge in [-0.15, -0.1) is 0 Å². The van der Waals surface area contributed by atoms with E-state index in [4.69, 9.17) is 0 Å². The Kier molecular flexibility index (Phi) is 6.21. The van der Waals surface area contributed by atoms with Gasteiger partial charge in [0.05, 0.1) is 6.42 Å². The quantitative estimate of drug-likeness (QED) is 0.644. The number of amides is 1. The lowest BCUT2D eigenvalue weighted by Gasteiger charge is -2.23. The molecule has 1 saturated heterocycles. The van der Waals surface area contributed by atoms with Gasteiger partial charge < -0.3 is 14.9 Å². The van der Waals surface area contributed by atoms with Crippen LogP contribution in [0.1, 0.15) is 28.0 Å². The molecule has 1 aliphatic rings. The predicted octanol–water partition coefficient (Wildman–Crippen LogP) is 2.69. The van der Waals surface area contributed by atoms with Crippen LogP contribution in [-0.2, 0) is 11.2 Å². The Labute approximate surface area is 181 Å². The second kappa shape index (κ2) is 9.38. The number of benzene rings is 1. The van der Waals surface area contributed by atoms with Crippen LogP contribution in [0.5, 0.6) is 5.75 Å². The topological polar surface area (TPSA) is 86.6 Å². The largest absolute Gasteiger partial charge is 0.508 e. The number of pyridine rings is 2. The van der Waals surface area contributed by atoms with Gasteiger partial charge in [0.1, 0.15) is 17.3 Å². The molecule has 0 bridgehead atoms. The molecule has 7 nitrogen and oxygen atoms in total. The summed E-state index contributed by atoms with van der Waals surface area (Å²) >= 11 is 0. The SMILES string of the molecule is O=C(c1cccnc1)c1cccc(N2CCCN(C(=O)Cc3cccc(O)c3)CC2)n1. The highest BCUT2D eigenvalue weighted by Gasteiger charge is 2.21. The number of nitrogens with zero attached hydrogens (tertiary/aromatic N) is 4. The van der Waals surface area contributed by atoms with Gasteiger partial charge in [-0.25, -0.2) is 4.98 Å². The minimum atomic E-state index is -0.160. The lowest BCUT2D eigenvalue weighted by Crippen LogP contribution is -2.36. The summed E-state index contributed by atoms with van der Waals surface area (Å²) in [6.45, 7) is 2.65. The van der Waals surface area contributed by atoms with Crippen molar-refractivity contribution in [3.8, 4) is 5.75 Å². The number of hydrogen-bond donors (Lipinski definition) is 1. The third-order valence-corrected chi connectivity index (χ3v) is 5.33. The van der Waals surface area contributed by atoms with Crippen molar-refractivity contribution in [2.75, 3.05) is 31.1 Å². The number of hydrogen-bond acceptors (Lipinski definition) is 6. The van der Waals surface area contributed by atoms with Gasteiger partial charge in [0.2, 0.25) is 11.7 Å². The number of rotatable bonds is 5. The molecule has 3 heterocycles. The Hall–Kier alpha value is -3.74. The van der Waals surface area contributed by atoms with E-state index in [1.165, 1.54) is 0 Å². The number of ketones is 1. The van der Waals surface area contributed by atoms with Gasteiger partial charge in [-0.3, -0.25) is 14.6 Å². The van der Waals surface area contributed by atoms with Crippen LogP contribution in [0.15, 0.2) is 67.0 Å². The summed E-state index contributed by atoms with van der Waals surface area (Å²) in [7, 11) is 0. The highest BCUT2D eigenvalue weighted by atomic mass is 16.3. The molecule has 158 valence electrons. The first kappa shape index (κ1) is 20.5. The maximum Gasteiger partial charge on any atom is 0.227 e. The molecule has 0 radical (unpaired) electrons. The van der Waals surface area contributed by atoms with Crippen molar-refractivity contribution in [3.05, 3.63) is 83.8 Å². The molecule has 3 aromatic rings. The zero-order valence-corrected chi connectivity index (χ0v) is 17.1. The average Bonchev–Trinajstić information content (AvgIpc) is 3.06. The Balaban J connectivity index is 1.42. The summed E-state index contributed by atoms with van der Waals surface area (Å²) in [5.74, 6) is 0.782. The Morgan fingerprint density at radius 3 is 2.65 bits per heavy atom. The Morgan fingerprint density at radius 2 is 1.84 bits per heavy atom. The van der Waals surface area contributed by atoms with Crippen LogP contribution in [0.3, 0.4) is 0 Å². The first-order valence-electron chi connectivity index (χ1n) is 10.3. The first-order chi connectivity index (χ1) is 15.1. The summed E-state index contributed by atoms with van der Waals surface area (Å²) < 4.78 is 0. The molecular formula is C24H24N4O3. The molecule has 1 amide bonds. The van der Waals surface area contributed by atoms with Gasteiger partial charge in [-0.1, -0.05) is 18.2 Å². The zero-order chi connectivity index (χ0) is 21.6. The number of carbonyl (C=O) groups is 2. The van der Waals surface area contributed by atoms with Gasteiger partial charge in [-0.2, -0.15) is 0 Å². The molecule has 2 aromatic heterocycles. The second-order valence-electron chi connectivity index (χ2n) is 7.52. The molecule has 0 atom stereocenters. The molecule has 1 aromatic carbocycles. The molecule has 1 N–H and O–H groups in total. The van der Waals surface area contributed by atoms with Crippen molar-refractivity contribution >= 4 is 17.5 Å². The zero-order valence-electron chi connectivity index (χ0n) is 17.1. The summed E-state index contributed by atoms with van der Waals surface area (Å²) in [6, 6.07) is 15.7. The normalized spacial score (nSPS) is 14.2. The molecule has 31 heavy (non-hydrogen) atoms. The monoisotopic (exact) mass is 416 g/mol. The fourth-order valence-electron chi connectivity index (χ4n) is 3.72. The first-order valence-corrected chi connectivity index (χ1v) is 10.3. The van der Waals surface area contributed by atoms with E-state index in [1.54, 1.807) is 48.8 Å². The minimum absolute atomic E-state index is 0.0425. The van der Waals surface area contributed by atoms with E-state index < -0.39 is 0 Å². The lowest BCUT2D eigenvalue weighted by atomic mass is 10.1. The molecule has 0 unspecified atom stereocenters. The molecule has 0 spiro atoms. The van der Waals surface area contributed by atoms with Crippen LogP contribution in [-0.4, -0.2) is 57.8 Å². The van der Waals surface area contributed by atoms with E-state index in [2.05, 4.69) is 14.9 Å². The van der Waals surface area contributed by atoms with Crippen molar-refractivity contribution in [2.45, 2.75) is 12.8 Å². The number of aromatic nitrogens is 2. The number of phenolic OH excluding ortho intramolecular Hbond substituents is 1. The summed E-state index contributed by atoms with van der Waals surface area (Å²) in [6.07, 6.45) is 4.25. The van der Waals surface area contributed by atoms with E-state index in [0.29, 0.717) is 30.9 Å². The molecular weight excluding hydrogens is 392 g/mol. The maximum atomic E-state index is 12.7. The second-order valence-corrected chi connectivity index (χ2v) is 7.52. The molecule has 1 fully saturated rings. The Morgan fingerprint density at radius 1 is 0.968 bits per heavy atom. The fraction of sp³-hybridized carbons (Fsp3) is 0.250. The third-order valence-electron chi connectivity index (χ3n) is 5.33. The number of carbonyl (C=O) groups excluding carboxylic acids is 2. The molecule has 1 aliphatic heterocycles. The van der Waals surface area contributed by atoms with E-state index in [9.17, 15) is 14.7 Å². The fourth-order valence-corrected chi connectivity index (χ4v) is 3.72. The van der Waals surface area contributed by atoms with Gasteiger partial charge in [0.15, 0.2) is 0 Å². The van der Waals surface area contributed by atoms with Crippen molar-refractivity contribution in [3.63, 3.8) is 0 Å². The van der Waals surface area contributed by atoms with Gasteiger partial charge in [-0.05, 0) is 48.4 Å². The van der Waals surface area contributed by atoms with Crippen molar-refractivity contribution in [2.24, 2.45) is 0 Å². The standard InChI is InChI=1S/C24H24N4O3/c29-20-7-1-5-18(15-20)16-23(30)28-12-4-11-27(13-14-28)22-9-2-8-21(26-22)24(31)19-6-3-10-25-17-19/h1-3,5-10,15,17,29H,4,11-14,16H2. The summed E-state index contributed by atoms with van der Waals surface area (Å²) in [5, 5.41) is 9.61. The smallest absolute Gasteiger partial charge is 0.227 e. The lowest BCUT2D eigenvalue weighted by molar-refractivity contribution is -0.130. The number of aromatic hydroxyl groups is 1. The van der Waals surface area contributed by atoms with Crippen LogP contribution in [0.4, 0.5) is 5.82 Å². The molecule has 0 saturated carbocycles. The number of anilines is 1. The van der Waals surface area contributed by atoms with Gasteiger partial charge in [0.25, 0.3) is 0 Å². The predicted molar refractivity (Wildman–Crippen MR) is 117 cm³/mol. The highest BCUT2D eigenvalue weighted by Crippen LogP contribution is 2.18. The summed E-state index contributed by atoms with van der Waals surface area (Å²) in [4.78, 5) is 38.0. The van der Waals surface area contributed by atoms with E-state index in [1.807, 2.05) is 23.1 Å². The summed E-state index contributed by atoms with van der Waals surface area (Å²) in [5.41, 5.74) is 1.69. The van der Waals surface area contributed by atoms with Crippen LogP contribution in [0.25, 0.3) is 0 Å². The maximum absolute atomic E-state index is 12.7. The van der Waals surface area contributed by atoms with Crippen LogP contribution in [0, 0.1) is 0 Å². The van der Waals surface area contributed by atoms with Crippen molar-refractivity contribution in [1.82, 2.24) is 14.9 Å². The average molecular weight is 416 g/mol. The Bertz CT molecular complexity index is 1070. The molecule has 0 aliphatic carbocycles.